The summed E-state index contributed by atoms with van der Waals surface area (Å²) in [6.07, 6.45) is 2.99. The molecule has 0 aliphatic carbocycles. The van der Waals surface area contributed by atoms with Gasteiger partial charge < -0.3 is 15.0 Å². The predicted octanol–water partition coefficient (Wildman–Crippen LogP) is 4.25. The lowest BCUT2D eigenvalue weighted by Gasteiger charge is -2.17. The number of hydrogen-bond acceptors (Lipinski definition) is 4. The fourth-order valence-corrected chi connectivity index (χ4v) is 3.12. The number of aromatic nitrogens is 1. The molecular weight excluding hydrogens is 354 g/mol. The first kappa shape index (κ1) is 17.7. The summed E-state index contributed by atoms with van der Waals surface area (Å²) in [5, 5.41) is 2.87. The number of benzene rings is 2. The first-order chi connectivity index (χ1) is 13.7. The molecule has 1 N–H and O–H groups in total. The lowest BCUT2D eigenvalue weighted by atomic mass is 10.2. The number of carbonyl (C=O) groups is 2. The van der Waals surface area contributed by atoms with Crippen LogP contribution in [0.2, 0.25) is 0 Å². The molecule has 6 nitrogen and oxygen atoms in total. The summed E-state index contributed by atoms with van der Waals surface area (Å²) >= 11 is 0. The van der Waals surface area contributed by atoms with Gasteiger partial charge in [0.15, 0.2) is 0 Å². The molecule has 1 fully saturated rings. The third kappa shape index (κ3) is 3.86. The Balaban J connectivity index is 1.54. The highest BCUT2D eigenvalue weighted by Gasteiger charge is 2.22. The van der Waals surface area contributed by atoms with Crippen molar-refractivity contribution in [1.29, 1.82) is 0 Å². The van der Waals surface area contributed by atoms with Crippen LogP contribution in [-0.4, -0.2) is 23.3 Å². The third-order valence-electron chi connectivity index (χ3n) is 4.46. The molecular formula is C22H19N3O3. The Bertz CT molecular complexity index is 1000. The summed E-state index contributed by atoms with van der Waals surface area (Å²) in [5.41, 5.74) is 1.72. The number of ether oxygens (including phenoxy) is 1. The van der Waals surface area contributed by atoms with Crippen molar-refractivity contribution in [2.45, 2.75) is 12.8 Å². The van der Waals surface area contributed by atoms with E-state index < -0.39 is 0 Å². The molecule has 2 heterocycles. The summed E-state index contributed by atoms with van der Waals surface area (Å²) in [6, 6.07) is 19.8. The molecule has 140 valence electrons. The summed E-state index contributed by atoms with van der Waals surface area (Å²) in [6.45, 7) is 0.702. The molecule has 1 saturated heterocycles. The fourth-order valence-electron chi connectivity index (χ4n) is 3.12. The second-order valence-corrected chi connectivity index (χ2v) is 6.42. The van der Waals surface area contributed by atoms with Crippen molar-refractivity contribution in [2.75, 3.05) is 16.8 Å². The van der Waals surface area contributed by atoms with E-state index in [1.54, 1.807) is 47.5 Å². The minimum atomic E-state index is -0.330. The first-order valence-electron chi connectivity index (χ1n) is 9.10. The average Bonchev–Trinajstić information content (AvgIpc) is 3.15. The predicted molar refractivity (Wildman–Crippen MR) is 107 cm³/mol. The number of pyridine rings is 1. The van der Waals surface area contributed by atoms with Gasteiger partial charge in [-0.1, -0.05) is 24.3 Å². The molecule has 4 rings (SSSR count). The monoisotopic (exact) mass is 373 g/mol. The van der Waals surface area contributed by atoms with Gasteiger partial charge in [0.05, 0.1) is 0 Å². The number of amides is 2. The van der Waals surface area contributed by atoms with E-state index in [1.807, 2.05) is 30.3 Å². The molecule has 0 atom stereocenters. The largest absolute Gasteiger partial charge is 0.438 e. The van der Waals surface area contributed by atoms with Crippen LogP contribution in [0.25, 0.3) is 0 Å². The van der Waals surface area contributed by atoms with Gasteiger partial charge >= 0.3 is 0 Å². The molecule has 2 aromatic carbocycles. The topological polar surface area (TPSA) is 71.5 Å². The maximum atomic E-state index is 12.8. The van der Waals surface area contributed by atoms with E-state index in [4.69, 9.17) is 4.74 Å². The molecule has 0 spiro atoms. The Hall–Kier alpha value is -3.67. The standard InChI is InChI=1S/C22H19N3O3/c26-20-12-6-14-25(20)17-8-4-7-16(15-17)24-21(27)19-11-5-13-23-22(19)28-18-9-2-1-3-10-18/h1-5,7-11,13,15H,6,12,14H2,(H,24,27). The second kappa shape index (κ2) is 7.92. The van der Waals surface area contributed by atoms with Crippen molar-refractivity contribution in [3.8, 4) is 11.6 Å². The molecule has 2 amide bonds. The van der Waals surface area contributed by atoms with Gasteiger partial charge in [-0.25, -0.2) is 4.98 Å². The Morgan fingerprint density at radius 1 is 1.04 bits per heavy atom. The van der Waals surface area contributed by atoms with Gasteiger partial charge in [-0.2, -0.15) is 0 Å². The summed E-state index contributed by atoms with van der Waals surface area (Å²) in [5.74, 6) is 0.611. The van der Waals surface area contributed by atoms with Gasteiger partial charge in [-0.05, 0) is 48.9 Å². The zero-order valence-corrected chi connectivity index (χ0v) is 15.2. The Morgan fingerprint density at radius 2 is 1.89 bits per heavy atom. The number of para-hydroxylation sites is 1. The number of rotatable bonds is 5. The van der Waals surface area contributed by atoms with E-state index in [0.29, 0.717) is 30.0 Å². The van der Waals surface area contributed by atoms with Crippen LogP contribution >= 0.6 is 0 Å². The van der Waals surface area contributed by atoms with E-state index in [9.17, 15) is 9.59 Å². The number of hydrogen-bond donors (Lipinski definition) is 1. The number of nitrogens with zero attached hydrogens (tertiary/aromatic N) is 2. The Morgan fingerprint density at radius 3 is 2.68 bits per heavy atom. The molecule has 1 aliphatic heterocycles. The number of carbonyl (C=O) groups excluding carboxylic acids is 2. The van der Waals surface area contributed by atoms with Crippen LogP contribution in [0.4, 0.5) is 11.4 Å². The van der Waals surface area contributed by atoms with Crippen LogP contribution in [0.5, 0.6) is 11.6 Å². The van der Waals surface area contributed by atoms with Crippen LogP contribution in [0.3, 0.4) is 0 Å². The molecule has 0 unspecified atom stereocenters. The van der Waals surface area contributed by atoms with Crippen molar-refractivity contribution < 1.29 is 14.3 Å². The third-order valence-corrected chi connectivity index (χ3v) is 4.46. The molecule has 0 saturated carbocycles. The van der Waals surface area contributed by atoms with Crippen LogP contribution in [0.15, 0.2) is 72.9 Å². The molecule has 6 heteroatoms. The van der Waals surface area contributed by atoms with Crippen LogP contribution < -0.4 is 15.0 Å². The minimum absolute atomic E-state index is 0.106. The Kier molecular flexibility index (Phi) is 5.01. The summed E-state index contributed by atoms with van der Waals surface area (Å²) in [7, 11) is 0. The number of anilines is 2. The summed E-state index contributed by atoms with van der Waals surface area (Å²) in [4.78, 5) is 30.7. The quantitative estimate of drug-likeness (QED) is 0.726. The van der Waals surface area contributed by atoms with Crippen molar-refractivity contribution in [2.24, 2.45) is 0 Å². The summed E-state index contributed by atoms with van der Waals surface area (Å²) < 4.78 is 5.76. The molecule has 28 heavy (non-hydrogen) atoms. The maximum absolute atomic E-state index is 12.8. The highest BCUT2D eigenvalue weighted by molar-refractivity contribution is 6.06. The zero-order chi connectivity index (χ0) is 19.3. The average molecular weight is 373 g/mol. The van der Waals surface area contributed by atoms with Crippen molar-refractivity contribution >= 4 is 23.2 Å². The van der Waals surface area contributed by atoms with Gasteiger partial charge in [0.2, 0.25) is 11.8 Å². The van der Waals surface area contributed by atoms with Gasteiger partial charge in [0, 0.05) is 30.5 Å². The van der Waals surface area contributed by atoms with Crippen LogP contribution in [0, 0.1) is 0 Å². The SMILES string of the molecule is O=C(Nc1cccc(N2CCCC2=O)c1)c1cccnc1Oc1ccccc1. The molecule has 1 aliphatic rings. The molecule has 1 aromatic heterocycles. The van der Waals surface area contributed by atoms with Gasteiger partial charge in [-0.3, -0.25) is 9.59 Å². The first-order valence-corrected chi connectivity index (χ1v) is 9.10. The Labute approximate surface area is 162 Å². The van der Waals surface area contributed by atoms with Gasteiger partial charge in [0.25, 0.3) is 5.91 Å². The van der Waals surface area contributed by atoms with Crippen molar-refractivity contribution in [1.82, 2.24) is 4.98 Å². The van der Waals surface area contributed by atoms with E-state index in [0.717, 1.165) is 12.1 Å². The molecule has 3 aromatic rings. The molecule has 0 bridgehead atoms. The lowest BCUT2D eigenvalue weighted by molar-refractivity contribution is -0.117. The fraction of sp³-hybridized carbons (Fsp3) is 0.136. The highest BCUT2D eigenvalue weighted by Crippen LogP contribution is 2.26. The number of nitrogens with one attached hydrogen (secondary N) is 1. The van der Waals surface area contributed by atoms with Gasteiger partial charge in [0.1, 0.15) is 11.3 Å². The minimum Gasteiger partial charge on any atom is -0.438 e. The molecule has 0 radical (unpaired) electrons. The van der Waals surface area contributed by atoms with E-state index in [2.05, 4.69) is 10.3 Å². The van der Waals surface area contributed by atoms with E-state index in [-0.39, 0.29) is 17.7 Å². The smallest absolute Gasteiger partial charge is 0.261 e. The zero-order valence-electron chi connectivity index (χ0n) is 15.2. The van der Waals surface area contributed by atoms with Crippen LogP contribution in [0.1, 0.15) is 23.2 Å². The second-order valence-electron chi connectivity index (χ2n) is 6.42. The van der Waals surface area contributed by atoms with Crippen LogP contribution in [-0.2, 0) is 4.79 Å². The van der Waals surface area contributed by atoms with Crippen molar-refractivity contribution in [3.05, 3.63) is 78.5 Å². The van der Waals surface area contributed by atoms with E-state index in [1.165, 1.54) is 0 Å². The van der Waals surface area contributed by atoms with E-state index >= 15 is 0 Å². The van der Waals surface area contributed by atoms with Crippen molar-refractivity contribution in [3.63, 3.8) is 0 Å². The normalized spacial score (nSPS) is 13.4. The lowest BCUT2D eigenvalue weighted by Crippen LogP contribution is -2.23. The highest BCUT2D eigenvalue weighted by atomic mass is 16.5. The van der Waals surface area contributed by atoms with Gasteiger partial charge in [-0.15, -0.1) is 0 Å². The maximum Gasteiger partial charge on any atom is 0.261 e.